The first-order valence-electron chi connectivity index (χ1n) is 7.15. The van der Waals surface area contributed by atoms with Crippen LogP contribution in [0.3, 0.4) is 0 Å². The van der Waals surface area contributed by atoms with Crippen molar-refractivity contribution in [3.8, 4) is 0 Å². The molecular formula is C11H10N12O5. The molecule has 4 rings (SSSR count). The van der Waals surface area contributed by atoms with Crippen molar-refractivity contribution in [3.05, 3.63) is 45.0 Å². The number of aliphatic hydroxyl groups is 1. The molecule has 0 aliphatic rings. The van der Waals surface area contributed by atoms with E-state index < -0.39 is 29.9 Å². The molecule has 144 valence electrons. The summed E-state index contributed by atoms with van der Waals surface area (Å²) >= 11 is 0. The highest BCUT2D eigenvalue weighted by molar-refractivity contribution is 5.97. The molecule has 0 bridgehead atoms. The number of rotatable bonds is 3. The van der Waals surface area contributed by atoms with Gasteiger partial charge in [-0.3, -0.25) is 9.59 Å². The second-order valence-electron chi connectivity index (χ2n) is 4.93. The smallest absolute Gasteiger partial charge is 0.355 e. The fourth-order valence-corrected chi connectivity index (χ4v) is 2.03. The average molecular weight is 390 g/mol. The van der Waals surface area contributed by atoms with Gasteiger partial charge in [0, 0.05) is 0 Å². The molecular weight excluding hydrogens is 380 g/mol. The number of hydrogen-bond acceptors (Lipinski definition) is 11. The largest absolute Gasteiger partial charge is 0.374 e. The first-order valence-corrected chi connectivity index (χ1v) is 7.15. The molecule has 0 atom stereocenters. The standard InChI is InChI=1S/C6H6N6O3.C5H4N6O2/c7-4(14)3-5-9-10-12(2-13)6(15)11(5)1-8-3;6-3(12)2-4-8-10-9-5(13)11(4)1-7-2/h1,13H,2H2,(H2,7,14);1H,(H2,6,12)(H,8,9,13). The SMILES string of the molecule is NC(=O)c1ncn2c(=O)[nH]nnc12.NC(=O)c1ncn2c(=O)n(CO)nnc12. The van der Waals surface area contributed by atoms with E-state index >= 15 is 0 Å². The first kappa shape index (κ1) is 18.3. The highest BCUT2D eigenvalue weighted by Crippen LogP contribution is 2.00. The van der Waals surface area contributed by atoms with Crippen molar-refractivity contribution in [2.45, 2.75) is 6.73 Å². The summed E-state index contributed by atoms with van der Waals surface area (Å²) in [6, 6.07) is 0. The Bertz CT molecular complexity index is 1310. The Balaban J connectivity index is 0.000000162. The number of nitrogens with zero attached hydrogens (tertiary/aromatic N) is 9. The fourth-order valence-electron chi connectivity index (χ4n) is 2.03. The van der Waals surface area contributed by atoms with E-state index in [1.54, 1.807) is 0 Å². The summed E-state index contributed by atoms with van der Waals surface area (Å²) in [4.78, 5) is 51.4. The number of hydrogen-bond donors (Lipinski definition) is 4. The molecule has 28 heavy (non-hydrogen) atoms. The monoisotopic (exact) mass is 390 g/mol. The molecule has 6 N–H and O–H groups in total. The van der Waals surface area contributed by atoms with Crippen molar-refractivity contribution in [2.75, 3.05) is 0 Å². The second-order valence-corrected chi connectivity index (χ2v) is 4.93. The minimum atomic E-state index is -0.798. The molecule has 0 aliphatic carbocycles. The Morgan fingerprint density at radius 3 is 2.14 bits per heavy atom. The lowest BCUT2D eigenvalue weighted by Gasteiger charge is -1.98. The van der Waals surface area contributed by atoms with E-state index in [-0.39, 0.29) is 22.7 Å². The van der Waals surface area contributed by atoms with Crippen LogP contribution < -0.4 is 22.8 Å². The Hall–Kier alpha value is -4.54. The van der Waals surface area contributed by atoms with Crippen molar-refractivity contribution >= 4 is 23.1 Å². The molecule has 0 aliphatic heterocycles. The number of aliphatic hydroxyl groups excluding tert-OH is 1. The van der Waals surface area contributed by atoms with E-state index in [0.717, 1.165) is 21.5 Å². The molecule has 0 unspecified atom stereocenters. The summed E-state index contributed by atoms with van der Waals surface area (Å²) in [5, 5.41) is 24.5. The molecule has 0 radical (unpaired) electrons. The number of aromatic amines is 1. The van der Waals surface area contributed by atoms with Gasteiger partial charge in [0.05, 0.1) is 0 Å². The molecule has 17 nitrogen and oxygen atoms in total. The number of carbonyl (C=O) groups is 2. The van der Waals surface area contributed by atoms with Crippen LogP contribution in [0.25, 0.3) is 11.3 Å². The number of H-pyrrole nitrogens is 1. The van der Waals surface area contributed by atoms with Crippen LogP contribution in [-0.2, 0) is 6.73 Å². The lowest BCUT2D eigenvalue weighted by atomic mass is 10.4. The fraction of sp³-hybridized carbons (Fsp3) is 0.0909. The van der Waals surface area contributed by atoms with E-state index in [2.05, 4.69) is 35.7 Å². The highest BCUT2D eigenvalue weighted by Gasteiger charge is 2.14. The van der Waals surface area contributed by atoms with Gasteiger partial charge in [0.2, 0.25) is 0 Å². The maximum Gasteiger partial charge on any atom is 0.355 e. The lowest BCUT2D eigenvalue weighted by Crippen LogP contribution is -2.30. The van der Waals surface area contributed by atoms with Crippen LogP contribution in [0, 0.1) is 0 Å². The number of nitrogens with two attached hydrogens (primary N) is 2. The van der Waals surface area contributed by atoms with E-state index in [4.69, 9.17) is 16.6 Å². The first-order chi connectivity index (χ1) is 13.3. The molecule has 0 spiro atoms. The maximum atomic E-state index is 11.5. The van der Waals surface area contributed by atoms with Gasteiger partial charge in [-0.2, -0.15) is 4.68 Å². The maximum absolute atomic E-state index is 11.5. The van der Waals surface area contributed by atoms with Gasteiger partial charge in [-0.15, -0.1) is 10.2 Å². The summed E-state index contributed by atoms with van der Waals surface area (Å²) in [7, 11) is 0. The summed E-state index contributed by atoms with van der Waals surface area (Å²) in [5.41, 5.74) is 8.63. The number of fused-ring (bicyclic) bond motifs is 2. The van der Waals surface area contributed by atoms with E-state index in [1.165, 1.54) is 0 Å². The molecule has 0 aromatic carbocycles. The third kappa shape index (κ3) is 3.03. The van der Waals surface area contributed by atoms with E-state index in [9.17, 15) is 19.2 Å². The Kier molecular flexibility index (Phi) is 4.56. The van der Waals surface area contributed by atoms with Crippen molar-refractivity contribution in [2.24, 2.45) is 11.5 Å². The predicted molar refractivity (Wildman–Crippen MR) is 85.7 cm³/mol. The van der Waals surface area contributed by atoms with Crippen LogP contribution >= 0.6 is 0 Å². The van der Waals surface area contributed by atoms with Crippen LogP contribution in [0.4, 0.5) is 0 Å². The van der Waals surface area contributed by atoms with Gasteiger partial charge in [-0.1, -0.05) is 10.4 Å². The zero-order chi connectivity index (χ0) is 20.4. The van der Waals surface area contributed by atoms with Gasteiger partial charge in [0.25, 0.3) is 11.8 Å². The zero-order valence-electron chi connectivity index (χ0n) is 13.6. The normalized spacial score (nSPS) is 10.6. The minimum Gasteiger partial charge on any atom is -0.374 e. The van der Waals surface area contributed by atoms with Gasteiger partial charge in [-0.25, -0.2) is 33.5 Å². The number of aromatic nitrogens is 10. The quantitative estimate of drug-likeness (QED) is 0.258. The van der Waals surface area contributed by atoms with E-state index in [1.807, 2.05) is 0 Å². The Labute approximate surface area is 151 Å². The third-order valence-electron chi connectivity index (χ3n) is 3.27. The number of amides is 2. The van der Waals surface area contributed by atoms with Crippen LogP contribution in [-0.4, -0.2) is 66.1 Å². The molecule has 4 heterocycles. The van der Waals surface area contributed by atoms with Crippen molar-refractivity contribution < 1.29 is 14.7 Å². The van der Waals surface area contributed by atoms with Gasteiger partial charge < -0.3 is 16.6 Å². The molecule has 17 heteroatoms. The number of carbonyl (C=O) groups excluding carboxylic acids is 2. The van der Waals surface area contributed by atoms with E-state index in [0.29, 0.717) is 4.68 Å². The molecule has 0 saturated carbocycles. The molecule has 4 aromatic heterocycles. The summed E-state index contributed by atoms with van der Waals surface area (Å²) in [5.74, 6) is -1.55. The van der Waals surface area contributed by atoms with Gasteiger partial charge in [0.15, 0.2) is 22.7 Å². The van der Waals surface area contributed by atoms with Gasteiger partial charge >= 0.3 is 11.4 Å². The molecule has 4 aromatic rings. The van der Waals surface area contributed by atoms with Crippen LogP contribution in [0.2, 0.25) is 0 Å². The molecule has 2 amide bonds. The summed E-state index contributed by atoms with van der Waals surface area (Å²) in [6.45, 7) is -0.605. The molecule has 0 saturated heterocycles. The zero-order valence-corrected chi connectivity index (χ0v) is 13.6. The number of primary amides is 2. The van der Waals surface area contributed by atoms with Crippen molar-refractivity contribution in [1.29, 1.82) is 0 Å². The van der Waals surface area contributed by atoms with Crippen molar-refractivity contribution in [1.82, 2.24) is 49.2 Å². The molecule has 0 fully saturated rings. The van der Waals surface area contributed by atoms with Gasteiger partial charge in [-0.05, 0) is 0 Å². The van der Waals surface area contributed by atoms with Crippen LogP contribution in [0.15, 0.2) is 22.2 Å². The number of nitrogens with one attached hydrogen (secondary N) is 1. The Morgan fingerprint density at radius 2 is 1.57 bits per heavy atom. The lowest BCUT2D eigenvalue weighted by molar-refractivity contribution is 0.0989. The Morgan fingerprint density at radius 1 is 1.00 bits per heavy atom. The van der Waals surface area contributed by atoms with Crippen LogP contribution in [0.1, 0.15) is 21.0 Å². The minimum absolute atomic E-state index is 0.0304. The van der Waals surface area contributed by atoms with Crippen LogP contribution in [0.5, 0.6) is 0 Å². The van der Waals surface area contributed by atoms with Gasteiger partial charge in [0.1, 0.15) is 19.4 Å². The van der Waals surface area contributed by atoms with Crippen molar-refractivity contribution in [3.63, 3.8) is 0 Å². The highest BCUT2D eigenvalue weighted by atomic mass is 16.3. The predicted octanol–water partition coefficient (Wildman–Crippen LogP) is -4.75. The second kappa shape index (κ2) is 6.99. The summed E-state index contributed by atoms with van der Waals surface area (Å²) in [6.07, 6.45) is 2.25. The summed E-state index contributed by atoms with van der Waals surface area (Å²) < 4.78 is 2.73. The topological polar surface area (TPSA) is 247 Å². The third-order valence-corrected chi connectivity index (χ3v) is 3.27. The number of imidazole rings is 2. The average Bonchev–Trinajstić information content (AvgIpc) is 3.28.